The quantitative estimate of drug-likeness (QED) is 0.798. The molecule has 84 valence electrons. The predicted octanol–water partition coefficient (Wildman–Crippen LogP) is 1.56. The molecule has 0 spiro atoms. The minimum atomic E-state index is 0.446. The van der Waals surface area contributed by atoms with E-state index in [1.54, 1.807) is 12.4 Å². The Labute approximate surface area is 91.5 Å². The van der Waals surface area contributed by atoms with Crippen LogP contribution < -0.4 is 10.6 Å². The molecular formula is C11H20N4. The van der Waals surface area contributed by atoms with Gasteiger partial charge in [-0.25, -0.2) is 4.98 Å². The third kappa shape index (κ3) is 2.89. The zero-order valence-corrected chi connectivity index (χ0v) is 9.77. The third-order valence-corrected chi connectivity index (χ3v) is 2.75. The molecule has 0 fully saturated rings. The molecule has 1 rings (SSSR count). The van der Waals surface area contributed by atoms with Crippen molar-refractivity contribution in [3.8, 4) is 0 Å². The second-order valence-corrected chi connectivity index (χ2v) is 3.65. The highest BCUT2D eigenvalue weighted by Gasteiger charge is 2.12. The number of aromatic nitrogens is 2. The first kappa shape index (κ1) is 11.9. The van der Waals surface area contributed by atoms with Gasteiger partial charge in [-0.3, -0.25) is 4.98 Å². The van der Waals surface area contributed by atoms with Gasteiger partial charge in [-0.1, -0.05) is 13.8 Å². The van der Waals surface area contributed by atoms with Crippen molar-refractivity contribution in [1.82, 2.24) is 9.97 Å². The lowest BCUT2D eigenvalue weighted by Crippen LogP contribution is -2.31. The summed E-state index contributed by atoms with van der Waals surface area (Å²) in [7, 11) is 2.06. The van der Waals surface area contributed by atoms with Crippen LogP contribution in [-0.2, 0) is 6.54 Å². The molecule has 0 aliphatic rings. The van der Waals surface area contributed by atoms with E-state index in [2.05, 4.69) is 35.8 Å². The fourth-order valence-corrected chi connectivity index (χ4v) is 1.66. The summed E-state index contributed by atoms with van der Waals surface area (Å²) in [5.41, 5.74) is 6.30. The molecule has 0 aromatic carbocycles. The molecule has 15 heavy (non-hydrogen) atoms. The van der Waals surface area contributed by atoms with E-state index in [0.29, 0.717) is 12.6 Å². The van der Waals surface area contributed by atoms with Crippen LogP contribution in [0.4, 0.5) is 5.82 Å². The third-order valence-electron chi connectivity index (χ3n) is 2.75. The maximum atomic E-state index is 5.47. The number of anilines is 1. The molecule has 0 aliphatic heterocycles. The SMILES string of the molecule is CCC(CC)N(C)c1cnc(CN)cn1. The Hall–Kier alpha value is -1.16. The van der Waals surface area contributed by atoms with Gasteiger partial charge in [0.1, 0.15) is 5.82 Å². The first-order chi connectivity index (χ1) is 7.22. The van der Waals surface area contributed by atoms with Crippen molar-refractivity contribution in [2.45, 2.75) is 39.3 Å². The van der Waals surface area contributed by atoms with E-state index < -0.39 is 0 Å². The van der Waals surface area contributed by atoms with Gasteiger partial charge in [0, 0.05) is 19.6 Å². The molecule has 0 saturated heterocycles. The average molecular weight is 208 g/mol. The van der Waals surface area contributed by atoms with Gasteiger partial charge in [0.2, 0.25) is 0 Å². The van der Waals surface area contributed by atoms with Crippen molar-refractivity contribution < 1.29 is 0 Å². The number of rotatable bonds is 5. The zero-order chi connectivity index (χ0) is 11.3. The maximum Gasteiger partial charge on any atom is 0.147 e. The topological polar surface area (TPSA) is 55.0 Å². The highest BCUT2D eigenvalue weighted by molar-refractivity contribution is 5.35. The number of nitrogens with zero attached hydrogens (tertiary/aromatic N) is 3. The molecule has 0 radical (unpaired) electrons. The molecule has 0 bridgehead atoms. The normalized spacial score (nSPS) is 10.7. The van der Waals surface area contributed by atoms with Crippen LogP contribution in [0.15, 0.2) is 12.4 Å². The lowest BCUT2D eigenvalue weighted by molar-refractivity contribution is 0.585. The largest absolute Gasteiger partial charge is 0.355 e. The highest BCUT2D eigenvalue weighted by Crippen LogP contribution is 2.14. The molecule has 4 heteroatoms. The molecule has 0 atom stereocenters. The number of hydrogen-bond donors (Lipinski definition) is 1. The van der Waals surface area contributed by atoms with Crippen molar-refractivity contribution in [3.63, 3.8) is 0 Å². The molecule has 1 heterocycles. The molecule has 1 aromatic rings. The monoisotopic (exact) mass is 208 g/mol. The fraction of sp³-hybridized carbons (Fsp3) is 0.636. The first-order valence-corrected chi connectivity index (χ1v) is 5.46. The average Bonchev–Trinajstić information content (AvgIpc) is 2.30. The minimum absolute atomic E-state index is 0.446. The van der Waals surface area contributed by atoms with Crippen molar-refractivity contribution in [2.75, 3.05) is 11.9 Å². The summed E-state index contributed by atoms with van der Waals surface area (Å²) >= 11 is 0. The van der Waals surface area contributed by atoms with Crippen LogP contribution in [0.5, 0.6) is 0 Å². The molecule has 0 amide bonds. The zero-order valence-electron chi connectivity index (χ0n) is 9.77. The molecular weight excluding hydrogens is 188 g/mol. The van der Waals surface area contributed by atoms with Gasteiger partial charge in [0.05, 0.1) is 18.1 Å². The van der Waals surface area contributed by atoms with Crippen molar-refractivity contribution in [2.24, 2.45) is 5.73 Å². The molecule has 0 aliphatic carbocycles. The standard InChI is InChI=1S/C11H20N4/c1-4-10(5-2)15(3)11-8-13-9(6-12)7-14-11/h7-8,10H,4-6,12H2,1-3H3. The Morgan fingerprint density at radius 2 is 1.93 bits per heavy atom. The van der Waals surface area contributed by atoms with Crippen LogP contribution in [0.3, 0.4) is 0 Å². The van der Waals surface area contributed by atoms with E-state index in [1.807, 2.05) is 0 Å². The summed E-state index contributed by atoms with van der Waals surface area (Å²) in [5.74, 6) is 0.918. The molecule has 0 saturated carbocycles. The Bertz CT molecular complexity index is 279. The lowest BCUT2D eigenvalue weighted by Gasteiger charge is -2.26. The maximum absolute atomic E-state index is 5.47. The summed E-state index contributed by atoms with van der Waals surface area (Å²) in [4.78, 5) is 10.8. The minimum Gasteiger partial charge on any atom is -0.355 e. The Morgan fingerprint density at radius 3 is 2.33 bits per heavy atom. The fourth-order valence-electron chi connectivity index (χ4n) is 1.66. The van der Waals surface area contributed by atoms with E-state index >= 15 is 0 Å². The summed E-state index contributed by atoms with van der Waals surface area (Å²) in [6.07, 6.45) is 5.77. The predicted molar refractivity (Wildman–Crippen MR) is 62.7 cm³/mol. The molecule has 1 aromatic heterocycles. The van der Waals surface area contributed by atoms with E-state index in [0.717, 1.165) is 24.4 Å². The van der Waals surface area contributed by atoms with Crippen LogP contribution in [0.1, 0.15) is 32.4 Å². The summed E-state index contributed by atoms with van der Waals surface area (Å²) < 4.78 is 0. The Balaban J connectivity index is 2.76. The second-order valence-electron chi connectivity index (χ2n) is 3.65. The summed E-state index contributed by atoms with van der Waals surface area (Å²) in [6.45, 7) is 4.82. The lowest BCUT2D eigenvalue weighted by atomic mass is 10.1. The Kier molecular flexibility index (Phi) is 4.49. The number of nitrogens with two attached hydrogens (primary N) is 1. The van der Waals surface area contributed by atoms with Gasteiger partial charge < -0.3 is 10.6 Å². The molecule has 0 unspecified atom stereocenters. The van der Waals surface area contributed by atoms with Gasteiger partial charge >= 0.3 is 0 Å². The summed E-state index contributed by atoms with van der Waals surface area (Å²) in [5, 5.41) is 0. The van der Waals surface area contributed by atoms with Gasteiger partial charge in [0.25, 0.3) is 0 Å². The Morgan fingerprint density at radius 1 is 1.27 bits per heavy atom. The van der Waals surface area contributed by atoms with Crippen molar-refractivity contribution >= 4 is 5.82 Å². The van der Waals surface area contributed by atoms with Crippen molar-refractivity contribution in [1.29, 1.82) is 0 Å². The highest BCUT2D eigenvalue weighted by atomic mass is 15.2. The van der Waals surface area contributed by atoms with E-state index in [4.69, 9.17) is 5.73 Å². The van der Waals surface area contributed by atoms with Gasteiger partial charge in [0.15, 0.2) is 0 Å². The van der Waals surface area contributed by atoms with Gasteiger partial charge in [-0.2, -0.15) is 0 Å². The van der Waals surface area contributed by atoms with Crippen LogP contribution in [-0.4, -0.2) is 23.1 Å². The van der Waals surface area contributed by atoms with Crippen LogP contribution in [0.2, 0.25) is 0 Å². The van der Waals surface area contributed by atoms with Crippen LogP contribution in [0.25, 0.3) is 0 Å². The number of hydrogen-bond acceptors (Lipinski definition) is 4. The molecule has 4 nitrogen and oxygen atoms in total. The summed E-state index contributed by atoms with van der Waals surface area (Å²) in [6, 6.07) is 0.531. The van der Waals surface area contributed by atoms with E-state index in [9.17, 15) is 0 Å². The second kappa shape index (κ2) is 5.66. The van der Waals surface area contributed by atoms with E-state index in [-0.39, 0.29) is 0 Å². The smallest absolute Gasteiger partial charge is 0.147 e. The molecule has 2 N–H and O–H groups in total. The van der Waals surface area contributed by atoms with Crippen LogP contribution >= 0.6 is 0 Å². The van der Waals surface area contributed by atoms with E-state index in [1.165, 1.54) is 0 Å². The van der Waals surface area contributed by atoms with Gasteiger partial charge in [-0.15, -0.1) is 0 Å². The van der Waals surface area contributed by atoms with Crippen LogP contribution in [0, 0.1) is 0 Å². The van der Waals surface area contributed by atoms with Crippen molar-refractivity contribution in [3.05, 3.63) is 18.1 Å². The van der Waals surface area contributed by atoms with Gasteiger partial charge in [-0.05, 0) is 12.8 Å². The first-order valence-electron chi connectivity index (χ1n) is 5.46.